The lowest BCUT2D eigenvalue weighted by Crippen LogP contribution is -2.51. The second-order valence-electron chi connectivity index (χ2n) is 4.65. The van der Waals surface area contributed by atoms with Crippen LogP contribution in [0.1, 0.15) is 17.3 Å². The largest absolute Gasteiger partial charge is 0.373 e. The highest BCUT2D eigenvalue weighted by molar-refractivity contribution is 9.10. The van der Waals surface area contributed by atoms with Crippen LogP contribution in [0.2, 0.25) is 5.02 Å². The Hall–Kier alpha value is -0.620. The zero-order valence-electron chi connectivity index (χ0n) is 10.6. The summed E-state index contributed by atoms with van der Waals surface area (Å²) >= 11 is 9.32. The SMILES string of the molecule is CC(N)C1CN(C(=O)c2ccc(Br)c(Cl)c2)CCO1. The van der Waals surface area contributed by atoms with Gasteiger partial charge < -0.3 is 15.4 Å². The Balaban J connectivity index is 2.12. The lowest BCUT2D eigenvalue weighted by atomic mass is 10.1. The smallest absolute Gasteiger partial charge is 0.254 e. The van der Waals surface area contributed by atoms with Crippen LogP contribution in [0.3, 0.4) is 0 Å². The summed E-state index contributed by atoms with van der Waals surface area (Å²) in [5.74, 6) is -0.0386. The van der Waals surface area contributed by atoms with Crippen molar-refractivity contribution >= 4 is 33.4 Å². The zero-order chi connectivity index (χ0) is 14.0. The number of nitrogens with two attached hydrogens (primary N) is 1. The van der Waals surface area contributed by atoms with E-state index in [1.165, 1.54) is 0 Å². The topological polar surface area (TPSA) is 55.6 Å². The summed E-state index contributed by atoms with van der Waals surface area (Å²) < 4.78 is 6.32. The number of morpholine rings is 1. The quantitative estimate of drug-likeness (QED) is 0.893. The van der Waals surface area contributed by atoms with Gasteiger partial charge in [0.25, 0.3) is 5.91 Å². The summed E-state index contributed by atoms with van der Waals surface area (Å²) in [5, 5.41) is 0.530. The average molecular weight is 348 g/mol. The second-order valence-corrected chi connectivity index (χ2v) is 5.91. The molecule has 2 atom stereocenters. The van der Waals surface area contributed by atoms with Crippen molar-refractivity contribution in [1.82, 2.24) is 4.90 Å². The van der Waals surface area contributed by atoms with Crippen LogP contribution in [0.15, 0.2) is 22.7 Å². The Bertz CT molecular complexity index is 482. The third kappa shape index (κ3) is 3.48. The summed E-state index contributed by atoms with van der Waals surface area (Å²) in [6.45, 7) is 3.50. The molecule has 1 amide bonds. The number of carbonyl (C=O) groups is 1. The lowest BCUT2D eigenvalue weighted by Gasteiger charge is -2.34. The van der Waals surface area contributed by atoms with E-state index < -0.39 is 0 Å². The van der Waals surface area contributed by atoms with Gasteiger partial charge in [-0.05, 0) is 41.1 Å². The number of halogens is 2. The highest BCUT2D eigenvalue weighted by Gasteiger charge is 2.27. The van der Waals surface area contributed by atoms with E-state index in [0.717, 1.165) is 4.47 Å². The molecule has 0 saturated carbocycles. The molecule has 0 spiro atoms. The molecular formula is C13H16BrClN2O2. The molecule has 6 heteroatoms. The number of hydrogen-bond acceptors (Lipinski definition) is 3. The minimum absolute atomic E-state index is 0.0386. The van der Waals surface area contributed by atoms with E-state index in [-0.39, 0.29) is 18.1 Å². The fraction of sp³-hybridized carbons (Fsp3) is 0.462. The summed E-state index contributed by atoms with van der Waals surface area (Å²) in [6.07, 6.45) is -0.108. The molecule has 4 nitrogen and oxygen atoms in total. The molecule has 0 aromatic heterocycles. The predicted molar refractivity (Wildman–Crippen MR) is 78.4 cm³/mol. The molecule has 0 aliphatic carbocycles. The van der Waals surface area contributed by atoms with Crippen molar-refractivity contribution in [3.05, 3.63) is 33.3 Å². The van der Waals surface area contributed by atoms with Gasteiger partial charge in [-0.1, -0.05) is 11.6 Å². The maximum atomic E-state index is 12.4. The number of rotatable bonds is 2. The third-order valence-corrected chi connectivity index (χ3v) is 4.37. The first-order valence-corrected chi connectivity index (χ1v) is 7.27. The number of ether oxygens (including phenoxy) is 1. The van der Waals surface area contributed by atoms with Crippen molar-refractivity contribution in [2.75, 3.05) is 19.7 Å². The van der Waals surface area contributed by atoms with E-state index >= 15 is 0 Å². The number of hydrogen-bond donors (Lipinski definition) is 1. The molecule has 1 aromatic rings. The van der Waals surface area contributed by atoms with Gasteiger partial charge in [-0.2, -0.15) is 0 Å². The lowest BCUT2D eigenvalue weighted by molar-refractivity contribution is -0.0300. The zero-order valence-corrected chi connectivity index (χ0v) is 12.9. The molecule has 2 rings (SSSR count). The van der Waals surface area contributed by atoms with Gasteiger partial charge in [0.1, 0.15) is 0 Å². The van der Waals surface area contributed by atoms with Gasteiger partial charge in [-0.25, -0.2) is 0 Å². The maximum Gasteiger partial charge on any atom is 0.254 e. The standard InChI is InChI=1S/C13H16BrClN2O2/c1-8(16)12-7-17(4-5-19-12)13(18)9-2-3-10(14)11(15)6-9/h2-3,6,8,12H,4-5,7,16H2,1H3. The van der Waals surface area contributed by atoms with Gasteiger partial charge in [0.2, 0.25) is 0 Å². The van der Waals surface area contributed by atoms with Crippen LogP contribution >= 0.6 is 27.5 Å². The summed E-state index contributed by atoms with van der Waals surface area (Å²) in [5.41, 5.74) is 6.40. The number of nitrogens with zero attached hydrogens (tertiary/aromatic N) is 1. The van der Waals surface area contributed by atoms with Crippen LogP contribution in [0, 0.1) is 0 Å². The van der Waals surface area contributed by atoms with Crippen LogP contribution in [0.25, 0.3) is 0 Å². The number of amides is 1. The van der Waals surface area contributed by atoms with E-state index in [4.69, 9.17) is 22.1 Å². The van der Waals surface area contributed by atoms with Crippen LogP contribution in [-0.4, -0.2) is 42.6 Å². The molecule has 1 fully saturated rings. The molecule has 1 aromatic carbocycles. The van der Waals surface area contributed by atoms with Crippen molar-refractivity contribution < 1.29 is 9.53 Å². The van der Waals surface area contributed by atoms with Crippen molar-refractivity contribution in [3.63, 3.8) is 0 Å². The first-order chi connectivity index (χ1) is 8.99. The van der Waals surface area contributed by atoms with Gasteiger partial charge in [-0.15, -0.1) is 0 Å². The maximum absolute atomic E-state index is 12.4. The van der Waals surface area contributed by atoms with Crippen molar-refractivity contribution in [2.45, 2.75) is 19.1 Å². The summed E-state index contributed by atoms with van der Waals surface area (Å²) in [7, 11) is 0. The second kappa shape index (κ2) is 6.22. The molecule has 1 aliphatic rings. The number of benzene rings is 1. The molecule has 2 N–H and O–H groups in total. The Kier molecular flexibility index (Phi) is 4.84. The van der Waals surface area contributed by atoms with Gasteiger partial charge in [0.05, 0.1) is 17.7 Å². The highest BCUT2D eigenvalue weighted by atomic mass is 79.9. The van der Waals surface area contributed by atoms with Crippen molar-refractivity contribution in [2.24, 2.45) is 5.73 Å². The highest BCUT2D eigenvalue weighted by Crippen LogP contribution is 2.24. The van der Waals surface area contributed by atoms with Gasteiger partial charge in [-0.3, -0.25) is 4.79 Å². The first kappa shape index (κ1) is 14.8. The number of carbonyl (C=O) groups excluding carboxylic acids is 1. The fourth-order valence-corrected chi connectivity index (χ4v) is 2.42. The fourth-order valence-electron chi connectivity index (χ4n) is 1.99. The van der Waals surface area contributed by atoms with E-state index in [1.54, 1.807) is 23.1 Å². The van der Waals surface area contributed by atoms with E-state index in [0.29, 0.717) is 30.3 Å². The summed E-state index contributed by atoms with van der Waals surface area (Å²) in [6, 6.07) is 5.11. The molecule has 0 bridgehead atoms. The monoisotopic (exact) mass is 346 g/mol. The van der Waals surface area contributed by atoms with Crippen molar-refractivity contribution in [1.29, 1.82) is 0 Å². The Morgan fingerprint density at radius 3 is 3.00 bits per heavy atom. The van der Waals surface area contributed by atoms with Crippen molar-refractivity contribution in [3.8, 4) is 0 Å². The molecule has 19 heavy (non-hydrogen) atoms. The molecule has 1 heterocycles. The molecule has 104 valence electrons. The van der Waals surface area contributed by atoms with E-state index in [2.05, 4.69) is 15.9 Å². The first-order valence-electron chi connectivity index (χ1n) is 6.10. The molecule has 0 radical (unpaired) electrons. The normalized spacial score (nSPS) is 21.3. The van der Waals surface area contributed by atoms with E-state index in [9.17, 15) is 4.79 Å². The Labute approximate surface area is 126 Å². The van der Waals surface area contributed by atoms with Crippen LogP contribution in [-0.2, 0) is 4.74 Å². The molecule has 2 unspecified atom stereocenters. The minimum Gasteiger partial charge on any atom is -0.373 e. The van der Waals surface area contributed by atoms with Crippen LogP contribution in [0.5, 0.6) is 0 Å². The molecule has 1 aliphatic heterocycles. The van der Waals surface area contributed by atoms with Crippen LogP contribution in [0.4, 0.5) is 0 Å². The van der Waals surface area contributed by atoms with Gasteiger partial charge in [0.15, 0.2) is 0 Å². The molecule has 1 saturated heterocycles. The van der Waals surface area contributed by atoms with E-state index in [1.807, 2.05) is 6.92 Å². The third-order valence-electron chi connectivity index (χ3n) is 3.13. The summed E-state index contributed by atoms with van der Waals surface area (Å²) in [4.78, 5) is 14.1. The van der Waals surface area contributed by atoms with Gasteiger partial charge >= 0.3 is 0 Å². The predicted octanol–water partition coefficient (Wildman–Crippen LogP) is 2.29. The van der Waals surface area contributed by atoms with Gasteiger partial charge in [0, 0.05) is 29.2 Å². The molecular weight excluding hydrogens is 332 g/mol. The minimum atomic E-state index is -0.108. The Morgan fingerprint density at radius 1 is 1.63 bits per heavy atom. The average Bonchev–Trinajstić information content (AvgIpc) is 2.41. The Morgan fingerprint density at radius 2 is 2.37 bits per heavy atom. The van der Waals surface area contributed by atoms with Crippen LogP contribution < -0.4 is 5.73 Å².